The van der Waals surface area contributed by atoms with E-state index in [4.69, 9.17) is 4.74 Å². The number of carbonyl (C=O) groups is 1. The molecular weight excluding hydrogens is 397 g/mol. The number of aliphatic imine (C=N–C) groups is 1. The molecule has 1 heterocycles. The van der Waals surface area contributed by atoms with E-state index in [1.807, 2.05) is 0 Å². The van der Waals surface area contributed by atoms with Gasteiger partial charge in [0.25, 0.3) is 10.0 Å². The highest BCUT2D eigenvalue weighted by atomic mass is 32.2. The zero-order valence-corrected chi connectivity index (χ0v) is 15.3. The van der Waals surface area contributed by atoms with Crippen LogP contribution in [-0.4, -0.2) is 26.3 Å². The van der Waals surface area contributed by atoms with Gasteiger partial charge in [0.1, 0.15) is 18.5 Å². The van der Waals surface area contributed by atoms with Crippen LogP contribution in [0.3, 0.4) is 0 Å². The first-order chi connectivity index (χ1) is 13.1. The van der Waals surface area contributed by atoms with Gasteiger partial charge in [0.05, 0.1) is 10.5 Å². The lowest BCUT2D eigenvalue weighted by atomic mass is 10.1. The monoisotopic (exact) mass is 412 g/mol. The molecule has 2 aromatic rings. The molecule has 0 fully saturated rings. The minimum absolute atomic E-state index is 0.0131. The van der Waals surface area contributed by atoms with E-state index in [1.54, 1.807) is 18.2 Å². The standard InChI is InChI=1S/C18H15F3N2O4S/c1-11(22-16-14-7-2-3-8-15(14)28(25,26)23-16)17(24)27-10-12-5-4-6-13(9-12)18(19,20)21/h2-9,11H,10H2,1H3,(H,22,23)/t11-/m0/s1. The molecule has 0 unspecified atom stereocenters. The fraction of sp³-hybridized carbons (Fsp3) is 0.222. The maximum atomic E-state index is 12.7. The third kappa shape index (κ3) is 4.16. The number of alkyl halides is 3. The molecule has 1 aliphatic rings. The zero-order chi connectivity index (χ0) is 20.5. The van der Waals surface area contributed by atoms with Gasteiger partial charge in [-0.1, -0.05) is 24.3 Å². The molecule has 0 radical (unpaired) electrons. The van der Waals surface area contributed by atoms with Crippen LogP contribution in [0, 0.1) is 0 Å². The Balaban J connectivity index is 1.70. The van der Waals surface area contributed by atoms with E-state index in [1.165, 1.54) is 25.1 Å². The topological polar surface area (TPSA) is 84.8 Å². The van der Waals surface area contributed by atoms with Crippen LogP contribution in [0.1, 0.15) is 23.6 Å². The first-order valence-corrected chi connectivity index (χ1v) is 9.59. The number of benzene rings is 2. The lowest BCUT2D eigenvalue weighted by Gasteiger charge is -2.11. The van der Waals surface area contributed by atoms with Crippen LogP contribution < -0.4 is 4.72 Å². The summed E-state index contributed by atoms with van der Waals surface area (Å²) in [6.07, 6.45) is -4.49. The number of hydrogen-bond acceptors (Lipinski definition) is 5. The predicted molar refractivity (Wildman–Crippen MR) is 94.0 cm³/mol. The first-order valence-electron chi connectivity index (χ1n) is 8.11. The summed E-state index contributed by atoms with van der Waals surface area (Å²) >= 11 is 0. The van der Waals surface area contributed by atoms with Gasteiger partial charge in [0.15, 0.2) is 0 Å². The quantitative estimate of drug-likeness (QED) is 0.783. The van der Waals surface area contributed by atoms with Gasteiger partial charge in [-0.2, -0.15) is 13.2 Å². The minimum Gasteiger partial charge on any atom is -0.459 e. The van der Waals surface area contributed by atoms with Crippen molar-refractivity contribution in [2.24, 2.45) is 4.99 Å². The number of carbonyl (C=O) groups excluding carboxylic acids is 1. The second-order valence-electron chi connectivity index (χ2n) is 6.06. The number of amidine groups is 1. The number of halogens is 3. The summed E-state index contributed by atoms with van der Waals surface area (Å²) in [5.41, 5.74) is -0.332. The lowest BCUT2D eigenvalue weighted by molar-refractivity contribution is -0.146. The highest BCUT2D eigenvalue weighted by Crippen LogP contribution is 2.29. The van der Waals surface area contributed by atoms with Gasteiger partial charge in [0.2, 0.25) is 0 Å². The summed E-state index contributed by atoms with van der Waals surface area (Å²) in [7, 11) is -3.74. The van der Waals surface area contributed by atoms with Gasteiger partial charge in [-0.25, -0.2) is 13.2 Å². The van der Waals surface area contributed by atoms with E-state index in [0.29, 0.717) is 5.56 Å². The summed E-state index contributed by atoms with van der Waals surface area (Å²) in [5.74, 6) is -0.785. The largest absolute Gasteiger partial charge is 0.459 e. The second-order valence-corrected chi connectivity index (χ2v) is 7.71. The van der Waals surface area contributed by atoms with Crippen LogP contribution in [0.25, 0.3) is 0 Å². The van der Waals surface area contributed by atoms with Crippen molar-refractivity contribution in [3.63, 3.8) is 0 Å². The first kappa shape index (κ1) is 19.9. The van der Waals surface area contributed by atoms with Gasteiger partial charge in [-0.15, -0.1) is 0 Å². The molecule has 0 aromatic heterocycles. The number of esters is 1. The molecular formula is C18H15F3N2O4S. The predicted octanol–water partition coefficient (Wildman–Crippen LogP) is 2.88. The SMILES string of the molecule is C[C@H](N=C1NS(=O)(=O)c2ccccc21)C(=O)OCc1cccc(C(F)(F)F)c1. The summed E-state index contributed by atoms with van der Waals surface area (Å²) in [6, 6.07) is 9.54. The molecule has 2 aromatic carbocycles. The minimum atomic E-state index is -4.49. The molecule has 0 saturated heterocycles. The van der Waals surface area contributed by atoms with Crippen LogP contribution in [0.2, 0.25) is 0 Å². The van der Waals surface area contributed by atoms with Gasteiger partial charge in [0, 0.05) is 5.56 Å². The number of ether oxygens (including phenoxy) is 1. The molecule has 148 valence electrons. The molecule has 0 spiro atoms. The second kappa shape index (κ2) is 7.27. The van der Waals surface area contributed by atoms with Crippen LogP contribution in [0.5, 0.6) is 0 Å². The number of nitrogens with one attached hydrogen (secondary N) is 1. The molecule has 10 heteroatoms. The van der Waals surface area contributed by atoms with Crippen molar-refractivity contribution in [3.05, 3.63) is 65.2 Å². The number of fused-ring (bicyclic) bond motifs is 1. The van der Waals surface area contributed by atoms with E-state index in [-0.39, 0.29) is 22.9 Å². The molecule has 0 aliphatic carbocycles. The normalized spacial score (nSPS) is 17.6. The van der Waals surface area contributed by atoms with Gasteiger partial charge < -0.3 is 4.74 Å². The van der Waals surface area contributed by atoms with Gasteiger partial charge in [-0.3, -0.25) is 9.71 Å². The molecule has 1 N–H and O–H groups in total. The Labute approximate surface area is 159 Å². The average Bonchev–Trinajstić information content (AvgIpc) is 2.90. The van der Waals surface area contributed by atoms with Crippen LogP contribution in [0.15, 0.2) is 58.4 Å². The fourth-order valence-electron chi connectivity index (χ4n) is 2.59. The number of nitrogens with zero attached hydrogens (tertiary/aromatic N) is 1. The van der Waals surface area contributed by atoms with Crippen molar-refractivity contribution in [3.8, 4) is 0 Å². The van der Waals surface area contributed by atoms with Crippen molar-refractivity contribution < 1.29 is 31.1 Å². The zero-order valence-electron chi connectivity index (χ0n) is 14.5. The summed E-state index contributed by atoms with van der Waals surface area (Å²) in [5, 5.41) is 0. The third-order valence-corrected chi connectivity index (χ3v) is 5.36. The van der Waals surface area contributed by atoms with E-state index in [2.05, 4.69) is 9.71 Å². The molecule has 6 nitrogen and oxygen atoms in total. The number of rotatable bonds is 4. The van der Waals surface area contributed by atoms with Gasteiger partial charge in [-0.05, 0) is 36.8 Å². The molecule has 3 rings (SSSR count). The molecule has 0 bridgehead atoms. The van der Waals surface area contributed by atoms with E-state index < -0.39 is 33.8 Å². The van der Waals surface area contributed by atoms with Crippen LogP contribution in [0.4, 0.5) is 13.2 Å². The Bertz CT molecular complexity index is 1050. The Morgan fingerprint density at radius 3 is 2.61 bits per heavy atom. The Kier molecular flexibility index (Phi) is 5.16. The van der Waals surface area contributed by atoms with Gasteiger partial charge >= 0.3 is 12.1 Å². The maximum Gasteiger partial charge on any atom is 0.416 e. The average molecular weight is 412 g/mol. The fourth-order valence-corrected chi connectivity index (χ4v) is 3.83. The highest BCUT2D eigenvalue weighted by Gasteiger charge is 2.32. The summed E-state index contributed by atoms with van der Waals surface area (Å²) in [6.45, 7) is 1.04. The van der Waals surface area contributed by atoms with E-state index in [0.717, 1.165) is 12.1 Å². The van der Waals surface area contributed by atoms with Crippen molar-refractivity contribution in [2.75, 3.05) is 0 Å². The highest BCUT2D eigenvalue weighted by molar-refractivity contribution is 7.90. The molecule has 0 saturated carbocycles. The van der Waals surface area contributed by atoms with E-state index >= 15 is 0 Å². The number of sulfonamides is 1. The summed E-state index contributed by atoms with van der Waals surface area (Å²) in [4.78, 5) is 16.2. The molecule has 1 atom stereocenters. The Morgan fingerprint density at radius 2 is 1.89 bits per heavy atom. The molecule has 0 amide bonds. The van der Waals surface area contributed by atoms with Crippen molar-refractivity contribution >= 4 is 21.8 Å². The smallest absolute Gasteiger partial charge is 0.416 e. The third-order valence-electron chi connectivity index (χ3n) is 3.96. The lowest BCUT2D eigenvalue weighted by Crippen LogP contribution is -2.26. The Hall–Kier alpha value is -2.88. The van der Waals surface area contributed by atoms with Crippen LogP contribution >= 0.6 is 0 Å². The van der Waals surface area contributed by atoms with E-state index in [9.17, 15) is 26.4 Å². The Morgan fingerprint density at radius 1 is 1.18 bits per heavy atom. The van der Waals surface area contributed by atoms with Crippen LogP contribution in [-0.2, 0) is 32.3 Å². The molecule has 1 aliphatic heterocycles. The summed E-state index contributed by atoms with van der Waals surface area (Å²) < 4.78 is 69.5. The maximum absolute atomic E-state index is 12.7. The molecule has 28 heavy (non-hydrogen) atoms. The van der Waals surface area contributed by atoms with Crippen molar-refractivity contribution in [1.82, 2.24) is 4.72 Å². The number of hydrogen-bond donors (Lipinski definition) is 1. The van der Waals surface area contributed by atoms with Crippen molar-refractivity contribution in [2.45, 2.75) is 30.6 Å². The van der Waals surface area contributed by atoms with Crippen molar-refractivity contribution in [1.29, 1.82) is 0 Å².